The molecule has 1 spiro atoms. The van der Waals surface area contributed by atoms with Gasteiger partial charge in [0.1, 0.15) is 6.10 Å². The van der Waals surface area contributed by atoms with Crippen LogP contribution in [0.2, 0.25) is 0 Å². The predicted molar refractivity (Wildman–Crippen MR) is 78.9 cm³/mol. The predicted octanol–water partition coefficient (Wildman–Crippen LogP) is 3.67. The zero-order valence-corrected chi connectivity index (χ0v) is 13.0. The van der Waals surface area contributed by atoms with Crippen molar-refractivity contribution in [3.05, 3.63) is 12.2 Å². The van der Waals surface area contributed by atoms with Crippen LogP contribution < -0.4 is 0 Å². The number of carbonyl (C=O) groups excluding carboxylic acids is 1. The molecule has 2 aliphatic heterocycles. The highest BCUT2D eigenvalue weighted by molar-refractivity contribution is 5.84. The van der Waals surface area contributed by atoms with Gasteiger partial charge in [-0.15, -0.1) is 0 Å². The standard InChI is InChI=1S/C17H24N2O2/c1-10-5-4-6-16(3)9-14-13(7-12(10)16)17(15(20)21-14)8-11(2)18-19-17/h11-14H,1,4-9H2,2-3H3/t11-,12-,13-,14+,16+,17?/m0/s1. The molecule has 4 aliphatic rings. The number of azo groups is 1. The van der Waals surface area contributed by atoms with Crippen molar-refractivity contribution >= 4 is 5.97 Å². The van der Waals surface area contributed by atoms with E-state index < -0.39 is 5.54 Å². The molecule has 0 aromatic carbocycles. The summed E-state index contributed by atoms with van der Waals surface area (Å²) in [5.41, 5.74) is 0.951. The van der Waals surface area contributed by atoms with Crippen LogP contribution in [-0.2, 0) is 9.53 Å². The second-order valence-electron chi connectivity index (χ2n) is 7.90. The Balaban J connectivity index is 1.69. The average Bonchev–Trinajstić information content (AvgIpc) is 2.91. The maximum atomic E-state index is 12.5. The van der Waals surface area contributed by atoms with E-state index in [0.29, 0.717) is 5.92 Å². The Kier molecular flexibility index (Phi) is 2.68. The van der Waals surface area contributed by atoms with Gasteiger partial charge in [-0.05, 0) is 50.4 Å². The summed E-state index contributed by atoms with van der Waals surface area (Å²) in [6.45, 7) is 8.72. The summed E-state index contributed by atoms with van der Waals surface area (Å²) in [5, 5.41) is 8.67. The molecule has 3 fully saturated rings. The minimum Gasteiger partial charge on any atom is -0.460 e. The Hall–Kier alpha value is -1.19. The minimum atomic E-state index is -0.677. The third kappa shape index (κ3) is 1.71. The molecule has 2 heterocycles. The van der Waals surface area contributed by atoms with Gasteiger partial charge in [0, 0.05) is 12.3 Å². The first-order valence-corrected chi connectivity index (χ1v) is 8.25. The third-order valence-electron chi connectivity index (χ3n) is 6.45. The number of hydrogen-bond donors (Lipinski definition) is 0. The lowest BCUT2D eigenvalue weighted by atomic mass is 9.54. The number of allylic oxidation sites excluding steroid dienone is 1. The van der Waals surface area contributed by atoms with Crippen LogP contribution in [0.25, 0.3) is 0 Å². The summed E-state index contributed by atoms with van der Waals surface area (Å²) < 4.78 is 5.78. The Bertz CT molecular complexity index is 543. The average molecular weight is 288 g/mol. The minimum absolute atomic E-state index is 0.0360. The quantitative estimate of drug-likeness (QED) is 0.504. The van der Waals surface area contributed by atoms with Crippen molar-refractivity contribution in [2.45, 2.75) is 70.1 Å². The van der Waals surface area contributed by atoms with Crippen LogP contribution >= 0.6 is 0 Å². The molecule has 0 amide bonds. The zero-order valence-electron chi connectivity index (χ0n) is 13.0. The molecule has 0 aromatic rings. The summed E-state index contributed by atoms with van der Waals surface area (Å²) >= 11 is 0. The van der Waals surface area contributed by atoms with E-state index in [1.165, 1.54) is 18.4 Å². The summed E-state index contributed by atoms with van der Waals surface area (Å²) in [6.07, 6.45) is 6.31. The molecule has 21 heavy (non-hydrogen) atoms. The van der Waals surface area contributed by atoms with Crippen molar-refractivity contribution in [2.24, 2.45) is 27.5 Å². The van der Waals surface area contributed by atoms with Crippen LogP contribution in [0.4, 0.5) is 0 Å². The van der Waals surface area contributed by atoms with Gasteiger partial charge in [-0.2, -0.15) is 10.2 Å². The van der Waals surface area contributed by atoms with E-state index in [9.17, 15) is 4.79 Å². The van der Waals surface area contributed by atoms with Gasteiger partial charge in [-0.3, -0.25) is 0 Å². The molecular weight excluding hydrogens is 264 g/mol. The molecule has 4 nitrogen and oxygen atoms in total. The largest absolute Gasteiger partial charge is 0.460 e. The van der Waals surface area contributed by atoms with Crippen LogP contribution in [0.15, 0.2) is 22.4 Å². The van der Waals surface area contributed by atoms with E-state index in [1.807, 2.05) is 6.92 Å². The van der Waals surface area contributed by atoms with Gasteiger partial charge in [-0.25, -0.2) is 4.79 Å². The highest BCUT2D eigenvalue weighted by atomic mass is 16.6. The first-order valence-electron chi connectivity index (χ1n) is 8.25. The number of carbonyl (C=O) groups is 1. The van der Waals surface area contributed by atoms with Crippen LogP contribution in [0, 0.1) is 17.3 Å². The molecule has 4 rings (SSSR count). The fourth-order valence-corrected chi connectivity index (χ4v) is 5.36. The number of esters is 1. The summed E-state index contributed by atoms with van der Waals surface area (Å²) in [7, 11) is 0. The second-order valence-corrected chi connectivity index (χ2v) is 7.90. The summed E-state index contributed by atoms with van der Waals surface area (Å²) in [6, 6.07) is 0.138. The van der Waals surface area contributed by atoms with E-state index in [4.69, 9.17) is 4.74 Å². The highest BCUT2D eigenvalue weighted by Crippen LogP contribution is 2.59. The Labute approximate surface area is 126 Å². The summed E-state index contributed by atoms with van der Waals surface area (Å²) in [5.74, 6) is 0.593. The van der Waals surface area contributed by atoms with Crippen LogP contribution in [0.5, 0.6) is 0 Å². The van der Waals surface area contributed by atoms with E-state index in [-0.39, 0.29) is 29.4 Å². The van der Waals surface area contributed by atoms with Gasteiger partial charge in [0.15, 0.2) is 5.54 Å². The molecule has 0 aromatic heterocycles. The number of ether oxygens (including phenoxy) is 1. The van der Waals surface area contributed by atoms with Crippen molar-refractivity contribution in [2.75, 3.05) is 0 Å². The van der Waals surface area contributed by atoms with Gasteiger partial charge < -0.3 is 4.74 Å². The molecule has 0 bridgehead atoms. The number of rotatable bonds is 0. The van der Waals surface area contributed by atoms with Gasteiger partial charge >= 0.3 is 5.97 Å². The van der Waals surface area contributed by atoms with E-state index in [0.717, 1.165) is 25.7 Å². The monoisotopic (exact) mass is 288 g/mol. The molecule has 0 N–H and O–H groups in total. The van der Waals surface area contributed by atoms with Crippen LogP contribution in [0.3, 0.4) is 0 Å². The molecule has 4 heteroatoms. The first-order chi connectivity index (χ1) is 9.94. The van der Waals surface area contributed by atoms with Crippen molar-refractivity contribution < 1.29 is 9.53 Å². The fraction of sp³-hybridized carbons (Fsp3) is 0.824. The highest BCUT2D eigenvalue weighted by Gasteiger charge is 2.64. The van der Waals surface area contributed by atoms with Crippen LogP contribution in [-0.4, -0.2) is 23.7 Å². The van der Waals surface area contributed by atoms with Crippen molar-refractivity contribution in [3.63, 3.8) is 0 Å². The lowest BCUT2D eigenvalue weighted by molar-refractivity contribution is -0.146. The molecule has 0 radical (unpaired) electrons. The molecule has 1 unspecified atom stereocenters. The Morgan fingerprint density at radius 1 is 1.38 bits per heavy atom. The van der Waals surface area contributed by atoms with Crippen LogP contribution in [0.1, 0.15) is 52.4 Å². The maximum absolute atomic E-state index is 12.5. The Morgan fingerprint density at radius 3 is 2.90 bits per heavy atom. The molecule has 114 valence electrons. The van der Waals surface area contributed by atoms with E-state index in [1.54, 1.807) is 0 Å². The lowest BCUT2D eigenvalue weighted by Gasteiger charge is -2.50. The summed E-state index contributed by atoms with van der Waals surface area (Å²) in [4.78, 5) is 12.5. The zero-order chi connectivity index (χ0) is 14.8. The van der Waals surface area contributed by atoms with Gasteiger partial charge in [0.2, 0.25) is 0 Å². The van der Waals surface area contributed by atoms with E-state index in [2.05, 4.69) is 23.7 Å². The number of hydrogen-bond acceptors (Lipinski definition) is 4. The maximum Gasteiger partial charge on any atom is 0.336 e. The van der Waals surface area contributed by atoms with Gasteiger partial charge in [0.05, 0.1) is 6.04 Å². The van der Waals surface area contributed by atoms with E-state index >= 15 is 0 Å². The molecule has 2 aliphatic carbocycles. The third-order valence-corrected chi connectivity index (χ3v) is 6.45. The topological polar surface area (TPSA) is 51.0 Å². The normalized spacial score (nSPS) is 51.9. The Morgan fingerprint density at radius 2 is 2.19 bits per heavy atom. The molecule has 2 saturated carbocycles. The smallest absolute Gasteiger partial charge is 0.336 e. The molecular formula is C17H24N2O2. The molecule has 6 atom stereocenters. The van der Waals surface area contributed by atoms with Gasteiger partial charge in [0.25, 0.3) is 0 Å². The van der Waals surface area contributed by atoms with Crippen molar-refractivity contribution in [1.29, 1.82) is 0 Å². The number of nitrogens with zero attached hydrogens (tertiary/aromatic N) is 2. The fourth-order valence-electron chi connectivity index (χ4n) is 5.36. The van der Waals surface area contributed by atoms with Crippen molar-refractivity contribution in [1.82, 2.24) is 0 Å². The first kappa shape index (κ1) is 13.5. The van der Waals surface area contributed by atoms with Crippen molar-refractivity contribution in [3.8, 4) is 0 Å². The lowest BCUT2D eigenvalue weighted by Crippen LogP contribution is -2.48. The SMILES string of the molecule is C=C1CCC[C@]2(C)C[C@H]3OC(=O)C4(C[C@H](C)N=N4)[C@H]3C[C@@H]12. The number of fused-ring (bicyclic) bond motifs is 3. The van der Waals surface area contributed by atoms with Gasteiger partial charge in [-0.1, -0.05) is 19.1 Å². The molecule has 1 saturated heterocycles. The second kappa shape index (κ2) is 4.17.